The number of hydrogen-bond donors (Lipinski definition) is 0. The SMILES string of the molecule is Cc1ccc2oc(N3CCN(C(=O)Cn4cnnn4)CC3)nc2c1. The van der Waals surface area contributed by atoms with E-state index in [0.717, 1.165) is 16.7 Å². The predicted molar refractivity (Wildman–Crippen MR) is 85.4 cm³/mol. The minimum atomic E-state index is 0.00939. The first-order valence-corrected chi connectivity index (χ1v) is 7.80. The number of aryl methyl sites for hydroxylation is 1. The number of aromatic nitrogens is 5. The third-order valence-electron chi connectivity index (χ3n) is 4.12. The normalized spacial score (nSPS) is 15.2. The first kappa shape index (κ1) is 14.6. The van der Waals surface area contributed by atoms with Crippen LogP contribution in [0.5, 0.6) is 0 Å². The predicted octanol–water partition coefficient (Wildman–Crippen LogP) is 0.472. The van der Waals surface area contributed by atoms with Gasteiger partial charge in [0.25, 0.3) is 6.01 Å². The van der Waals surface area contributed by atoms with E-state index >= 15 is 0 Å². The summed E-state index contributed by atoms with van der Waals surface area (Å²) in [6, 6.07) is 6.57. The van der Waals surface area contributed by atoms with Gasteiger partial charge in [0.15, 0.2) is 5.58 Å². The molecule has 1 fully saturated rings. The molecule has 0 aliphatic carbocycles. The molecule has 1 aliphatic rings. The molecule has 1 saturated heterocycles. The van der Waals surface area contributed by atoms with Crippen LogP contribution in [0, 0.1) is 6.92 Å². The van der Waals surface area contributed by atoms with E-state index in [-0.39, 0.29) is 12.5 Å². The van der Waals surface area contributed by atoms with Gasteiger partial charge in [0, 0.05) is 26.2 Å². The van der Waals surface area contributed by atoms with Gasteiger partial charge in [-0.15, -0.1) is 5.10 Å². The summed E-state index contributed by atoms with van der Waals surface area (Å²) in [7, 11) is 0. The number of hydrogen-bond acceptors (Lipinski definition) is 7. The van der Waals surface area contributed by atoms with Crippen LogP contribution >= 0.6 is 0 Å². The number of nitrogens with zero attached hydrogens (tertiary/aromatic N) is 7. The summed E-state index contributed by atoms with van der Waals surface area (Å²) in [5, 5.41) is 10.8. The molecule has 0 unspecified atom stereocenters. The molecule has 0 spiro atoms. The van der Waals surface area contributed by atoms with Crippen LogP contribution in [0.1, 0.15) is 5.56 Å². The molecule has 0 atom stereocenters. The van der Waals surface area contributed by atoms with Gasteiger partial charge in [-0.1, -0.05) is 6.07 Å². The molecule has 9 nitrogen and oxygen atoms in total. The fourth-order valence-corrected chi connectivity index (χ4v) is 2.80. The topological polar surface area (TPSA) is 93.2 Å². The van der Waals surface area contributed by atoms with Gasteiger partial charge in [-0.3, -0.25) is 4.79 Å². The van der Waals surface area contributed by atoms with Crippen LogP contribution in [0.15, 0.2) is 28.9 Å². The number of carbonyl (C=O) groups is 1. The number of carbonyl (C=O) groups excluding carboxylic acids is 1. The Balaban J connectivity index is 1.40. The van der Waals surface area contributed by atoms with Gasteiger partial charge < -0.3 is 14.2 Å². The lowest BCUT2D eigenvalue weighted by atomic mass is 10.2. The second-order valence-electron chi connectivity index (χ2n) is 5.84. The zero-order valence-electron chi connectivity index (χ0n) is 13.3. The summed E-state index contributed by atoms with van der Waals surface area (Å²) in [6.45, 7) is 4.82. The molecule has 3 heterocycles. The number of tetrazole rings is 1. The van der Waals surface area contributed by atoms with Crippen molar-refractivity contribution in [3.63, 3.8) is 0 Å². The van der Waals surface area contributed by atoms with Crippen molar-refractivity contribution in [2.75, 3.05) is 31.1 Å². The van der Waals surface area contributed by atoms with Gasteiger partial charge in [-0.05, 0) is 35.0 Å². The van der Waals surface area contributed by atoms with Crippen molar-refractivity contribution >= 4 is 23.0 Å². The number of fused-ring (bicyclic) bond motifs is 1. The third kappa shape index (κ3) is 2.80. The number of amides is 1. The molecule has 1 aromatic carbocycles. The van der Waals surface area contributed by atoms with Gasteiger partial charge in [0.05, 0.1) is 0 Å². The second kappa shape index (κ2) is 5.91. The van der Waals surface area contributed by atoms with Crippen molar-refractivity contribution in [1.29, 1.82) is 0 Å². The summed E-state index contributed by atoms with van der Waals surface area (Å²) >= 11 is 0. The molecule has 0 N–H and O–H groups in total. The van der Waals surface area contributed by atoms with Crippen molar-refractivity contribution in [3.8, 4) is 0 Å². The monoisotopic (exact) mass is 327 g/mol. The van der Waals surface area contributed by atoms with E-state index < -0.39 is 0 Å². The number of anilines is 1. The molecule has 2 aromatic heterocycles. The Morgan fingerprint density at radius 1 is 1.25 bits per heavy atom. The molecule has 3 aromatic rings. The van der Waals surface area contributed by atoms with Crippen LogP contribution in [-0.2, 0) is 11.3 Å². The molecule has 4 rings (SSSR count). The van der Waals surface area contributed by atoms with E-state index in [1.807, 2.05) is 30.0 Å². The van der Waals surface area contributed by atoms with E-state index in [4.69, 9.17) is 4.42 Å². The van der Waals surface area contributed by atoms with Crippen LogP contribution in [-0.4, -0.2) is 62.2 Å². The Morgan fingerprint density at radius 2 is 2.08 bits per heavy atom. The smallest absolute Gasteiger partial charge is 0.298 e. The Bertz CT molecular complexity index is 850. The van der Waals surface area contributed by atoms with Gasteiger partial charge in [0.1, 0.15) is 18.4 Å². The van der Waals surface area contributed by atoms with E-state index in [0.29, 0.717) is 32.2 Å². The highest BCUT2D eigenvalue weighted by molar-refractivity contribution is 5.77. The standard InChI is InChI=1S/C15H17N7O2/c1-11-2-3-13-12(8-11)17-15(24-13)21-6-4-20(5-7-21)14(23)9-22-10-16-18-19-22/h2-3,8,10H,4-7,9H2,1H3. The van der Waals surface area contributed by atoms with E-state index in [9.17, 15) is 4.79 Å². The Hall–Kier alpha value is -2.97. The maximum atomic E-state index is 12.2. The van der Waals surface area contributed by atoms with Crippen LogP contribution in [0.3, 0.4) is 0 Å². The Labute approximate surface area is 137 Å². The second-order valence-corrected chi connectivity index (χ2v) is 5.84. The lowest BCUT2D eigenvalue weighted by Gasteiger charge is -2.33. The molecular formula is C15H17N7O2. The highest BCUT2D eigenvalue weighted by atomic mass is 16.4. The fraction of sp³-hybridized carbons (Fsp3) is 0.400. The van der Waals surface area contributed by atoms with Crippen LogP contribution < -0.4 is 4.90 Å². The first-order valence-electron chi connectivity index (χ1n) is 7.80. The van der Waals surface area contributed by atoms with Gasteiger partial charge in [-0.2, -0.15) is 4.98 Å². The molecule has 1 amide bonds. The Kier molecular flexibility index (Phi) is 3.60. The number of oxazole rings is 1. The van der Waals surface area contributed by atoms with Crippen molar-refractivity contribution in [3.05, 3.63) is 30.1 Å². The number of piperazine rings is 1. The summed E-state index contributed by atoms with van der Waals surface area (Å²) in [6.07, 6.45) is 1.44. The summed E-state index contributed by atoms with van der Waals surface area (Å²) in [5.74, 6) is 0.00939. The van der Waals surface area contributed by atoms with Crippen molar-refractivity contribution < 1.29 is 9.21 Å². The largest absolute Gasteiger partial charge is 0.423 e. The average molecular weight is 327 g/mol. The summed E-state index contributed by atoms with van der Waals surface area (Å²) in [4.78, 5) is 20.7. The quantitative estimate of drug-likeness (QED) is 0.690. The first-order chi connectivity index (χ1) is 11.7. The average Bonchev–Trinajstić information content (AvgIpc) is 3.24. The zero-order chi connectivity index (χ0) is 16.5. The molecule has 9 heteroatoms. The highest BCUT2D eigenvalue weighted by Gasteiger charge is 2.24. The summed E-state index contributed by atoms with van der Waals surface area (Å²) in [5.41, 5.74) is 2.80. The van der Waals surface area contributed by atoms with Gasteiger partial charge >= 0.3 is 0 Å². The maximum Gasteiger partial charge on any atom is 0.298 e. The van der Waals surface area contributed by atoms with Gasteiger partial charge in [-0.25, -0.2) is 4.68 Å². The van der Waals surface area contributed by atoms with Crippen LogP contribution in [0.2, 0.25) is 0 Å². The molecular weight excluding hydrogens is 310 g/mol. The van der Waals surface area contributed by atoms with Gasteiger partial charge in [0.2, 0.25) is 5.91 Å². The number of benzene rings is 1. The molecule has 0 saturated carbocycles. The fourth-order valence-electron chi connectivity index (χ4n) is 2.80. The highest BCUT2D eigenvalue weighted by Crippen LogP contribution is 2.23. The van der Waals surface area contributed by atoms with Crippen LogP contribution in [0.4, 0.5) is 6.01 Å². The lowest BCUT2D eigenvalue weighted by Crippen LogP contribution is -2.49. The van der Waals surface area contributed by atoms with E-state index in [1.165, 1.54) is 11.0 Å². The lowest BCUT2D eigenvalue weighted by molar-refractivity contribution is -0.132. The van der Waals surface area contributed by atoms with E-state index in [2.05, 4.69) is 25.4 Å². The van der Waals surface area contributed by atoms with Crippen molar-refractivity contribution in [2.24, 2.45) is 0 Å². The minimum absolute atomic E-state index is 0.00939. The Morgan fingerprint density at radius 3 is 2.83 bits per heavy atom. The molecule has 124 valence electrons. The van der Waals surface area contributed by atoms with E-state index in [1.54, 1.807) is 0 Å². The zero-order valence-corrected chi connectivity index (χ0v) is 13.3. The maximum absolute atomic E-state index is 12.2. The van der Waals surface area contributed by atoms with Crippen molar-refractivity contribution in [1.82, 2.24) is 30.1 Å². The van der Waals surface area contributed by atoms with Crippen molar-refractivity contribution in [2.45, 2.75) is 13.5 Å². The molecule has 1 aliphatic heterocycles. The minimum Gasteiger partial charge on any atom is -0.423 e. The molecule has 24 heavy (non-hydrogen) atoms. The summed E-state index contributed by atoms with van der Waals surface area (Å²) < 4.78 is 7.25. The van der Waals surface area contributed by atoms with Crippen LogP contribution in [0.25, 0.3) is 11.1 Å². The molecule has 0 bridgehead atoms. The molecule has 0 radical (unpaired) electrons. The third-order valence-corrected chi connectivity index (χ3v) is 4.12. The number of rotatable bonds is 3.